The summed E-state index contributed by atoms with van der Waals surface area (Å²) >= 11 is 0. The predicted molar refractivity (Wildman–Crippen MR) is 89.4 cm³/mol. The molecular formula is C18H18N4O3. The first-order chi connectivity index (χ1) is 12.3. The summed E-state index contributed by atoms with van der Waals surface area (Å²) in [7, 11) is 0. The molecule has 1 aliphatic rings. The van der Waals surface area contributed by atoms with E-state index in [2.05, 4.69) is 10.2 Å². The number of amides is 1. The van der Waals surface area contributed by atoms with E-state index >= 15 is 0 Å². The fraction of sp³-hybridized carbons (Fsp3) is 0.278. The zero-order valence-corrected chi connectivity index (χ0v) is 13.6. The van der Waals surface area contributed by atoms with Gasteiger partial charge in [-0.25, -0.2) is 0 Å². The summed E-state index contributed by atoms with van der Waals surface area (Å²) in [5.41, 5.74) is 0. The van der Waals surface area contributed by atoms with E-state index in [1.807, 2.05) is 39.8 Å². The van der Waals surface area contributed by atoms with Crippen LogP contribution >= 0.6 is 0 Å². The molecule has 25 heavy (non-hydrogen) atoms. The van der Waals surface area contributed by atoms with Gasteiger partial charge in [-0.15, -0.1) is 10.2 Å². The lowest BCUT2D eigenvalue weighted by atomic mass is 10.0. The number of nitrogens with zero attached hydrogens (tertiary/aromatic N) is 4. The number of carbonyl (C=O) groups is 1. The highest BCUT2D eigenvalue weighted by Gasteiger charge is 2.26. The van der Waals surface area contributed by atoms with Gasteiger partial charge >= 0.3 is 0 Å². The number of rotatable bonds is 4. The highest BCUT2D eigenvalue weighted by molar-refractivity contribution is 5.91. The highest BCUT2D eigenvalue weighted by atomic mass is 16.6. The molecule has 0 spiro atoms. The fourth-order valence-electron chi connectivity index (χ4n) is 3.01. The summed E-state index contributed by atoms with van der Waals surface area (Å²) in [4.78, 5) is 14.4. The topological polar surface area (TPSA) is 73.4 Å². The van der Waals surface area contributed by atoms with E-state index in [1.54, 1.807) is 24.8 Å². The van der Waals surface area contributed by atoms with Crippen LogP contribution in [0.3, 0.4) is 0 Å². The first-order valence-corrected chi connectivity index (χ1v) is 8.26. The van der Waals surface area contributed by atoms with Crippen LogP contribution in [0.2, 0.25) is 0 Å². The first-order valence-electron chi connectivity index (χ1n) is 8.26. The smallest absolute Gasteiger partial charge is 0.290 e. The average molecular weight is 338 g/mol. The Kier molecular flexibility index (Phi) is 4.20. The van der Waals surface area contributed by atoms with Crippen molar-refractivity contribution in [2.24, 2.45) is 0 Å². The van der Waals surface area contributed by atoms with Gasteiger partial charge in [-0.2, -0.15) is 0 Å². The molecule has 7 heteroatoms. The van der Waals surface area contributed by atoms with Crippen molar-refractivity contribution >= 4 is 5.91 Å². The van der Waals surface area contributed by atoms with Crippen molar-refractivity contribution in [2.75, 3.05) is 13.1 Å². The van der Waals surface area contributed by atoms with E-state index < -0.39 is 0 Å². The molecule has 2 aromatic heterocycles. The van der Waals surface area contributed by atoms with Crippen molar-refractivity contribution < 1.29 is 13.9 Å². The number of aromatic nitrogens is 3. The minimum Gasteiger partial charge on any atom is -0.426 e. The summed E-state index contributed by atoms with van der Waals surface area (Å²) in [6.45, 7) is 1.36. The first kappa shape index (κ1) is 15.4. The number of ether oxygens (including phenoxy) is 1. The standard InChI is InChI=1S/C18H18N4O3/c23-18(21-10-8-14(9-11-21)22-12-19-20-13-22)16-6-7-17(25-16)24-15-4-2-1-3-5-15/h1-7,12-14H,8-11H2. The number of hydrogen-bond donors (Lipinski definition) is 0. The van der Waals surface area contributed by atoms with Crippen molar-refractivity contribution in [3.63, 3.8) is 0 Å². The molecule has 0 bridgehead atoms. The highest BCUT2D eigenvalue weighted by Crippen LogP contribution is 2.26. The molecule has 3 aromatic rings. The maximum atomic E-state index is 12.6. The van der Waals surface area contributed by atoms with E-state index in [1.165, 1.54) is 0 Å². The number of benzene rings is 1. The molecule has 1 aliphatic heterocycles. The third-order valence-electron chi connectivity index (χ3n) is 4.36. The van der Waals surface area contributed by atoms with Gasteiger partial charge in [-0.05, 0) is 31.0 Å². The summed E-state index contributed by atoms with van der Waals surface area (Å²) in [6, 6.07) is 13.0. The number of hydrogen-bond acceptors (Lipinski definition) is 5. The Bertz CT molecular complexity index is 821. The molecule has 0 aliphatic carbocycles. The van der Waals surface area contributed by atoms with Crippen molar-refractivity contribution in [3.05, 3.63) is 60.9 Å². The molecule has 0 saturated carbocycles. The average Bonchev–Trinajstić information content (AvgIpc) is 3.34. The third-order valence-corrected chi connectivity index (χ3v) is 4.36. The van der Waals surface area contributed by atoms with Crippen LogP contribution in [0, 0.1) is 0 Å². The monoisotopic (exact) mass is 338 g/mol. The largest absolute Gasteiger partial charge is 0.426 e. The van der Waals surface area contributed by atoms with Crippen LogP contribution in [-0.4, -0.2) is 38.7 Å². The minimum atomic E-state index is -0.106. The molecule has 3 heterocycles. The quantitative estimate of drug-likeness (QED) is 0.731. The van der Waals surface area contributed by atoms with Gasteiger partial charge in [0.25, 0.3) is 11.9 Å². The lowest BCUT2D eigenvalue weighted by Gasteiger charge is -2.31. The lowest BCUT2D eigenvalue weighted by Crippen LogP contribution is -2.38. The van der Waals surface area contributed by atoms with Gasteiger partial charge in [0, 0.05) is 25.2 Å². The van der Waals surface area contributed by atoms with E-state index in [4.69, 9.17) is 9.15 Å². The number of para-hydroxylation sites is 1. The Labute approximate surface area is 144 Å². The second-order valence-corrected chi connectivity index (χ2v) is 5.97. The third kappa shape index (κ3) is 3.40. The molecule has 1 fully saturated rings. The van der Waals surface area contributed by atoms with Crippen molar-refractivity contribution in [2.45, 2.75) is 18.9 Å². The number of carbonyl (C=O) groups excluding carboxylic acids is 1. The fourth-order valence-corrected chi connectivity index (χ4v) is 3.01. The number of furan rings is 1. The van der Waals surface area contributed by atoms with Crippen LogP contribution < -0.4 is 4.74 Å². The molecule has 4 rings (SSSR count). The Balaban J connectivity index is 1.37. The molecule has 0 radical (unpaired) electrons. The van der Waals surface area contributed by atoms with Gasteiger partial charge in [-0.3, -0.25) is 4.79 Å². The summed E-state index contributed by atoms with van der Waals surface area (Å²) < 4.78 is 13.2. The van der Waals surface area contributed by atoms with Crippen molar-refractivity contribution in [1.82, 2.24) is 19.7 Å². The number of likely N-dealkylation sites (tertiary alicyclic amines) is 1. The molecule has 1 saturated heterocycles. The van der Waals surface area contributed by atoms with E-state index in [9.17, 15) is 4.79 Å². The maximum Gasteiger partial charge on any atom is 0.290 e. The summed E-state index contributed by atoms with van der Waals surface area (Å²) in [5.74, 6) is 1.18. The molecule has 0 atom stereocenters. The van der Waals surface area contributed by atoms with Crippen LogP contribution in [0.5, 0.6) is 11.7 Å². The zero-order chi connectivity index (χ0) is 17.1. The Morgan fingerprint density at radius 3 is 2.48 bits per heavy atom. The van der Waals surface area contributed by atoms with Crippen LogP contribution in [0.15, 0.2) is 59.5 Å². The SMILES string of the molecule is O=C(c1ccc(Oc2ccccc2)o1)N1CCC(n2cnnc2)CC1. The minimum absolute atomic E-state index is 0.106. The van der Waals surface area contributed by atoms with Gasteiger partial charge in [0.1, 0.15) is 18.4 Å². The van der Waals surface area contributed by atoms with E-state index in [-0.39, 0.29) is 5.91 Å². The maximum absolute atomic E-state index is 12.6. The van der Waals surface area contributed by atoms with E-state index in [0.29, 0.717) is 36.6 Å². The van der Waals surface area contributed by atoms with Gasteiger partial charge in [0.05, 0.1) is 0 Å². The second kappa shape index (κ2) is 6.80. The second-order valence-electron chi connectivity index (χ2n) is 5.97. The van der Waals surface area contributed by atoms with Crippen molar-refractivity contribution in [3.8, 4) is 11.7 Å². The van der Waals surface area contributed by atoms with Crippen LogP contribution in [0.1, 0.15) is 29.4 Å². The van der Waals surface area contributed by atoms with Crippen LogP contribution in [0.4, 0.5) is 0 Å². The normalized spacial score (nSPS) is 15.3. The molecule has 1 amide bonds. The molecule has 128 valence electrons. The molecule has 7 nitrogen and oxygen atoms in total. The summed E-state index contributed by atoms with van der Waals surface area (Å²) in [6.07, 6.45) is 5.19. The molecule has 0 unspecified atom stereocenters. The van der Waals surface area contributed by atoms with Gasteiger partial charge < -0.3 is 18.6 Å². The molecule has 0 N–H and O–H groups in total. The Morgan fingerprint density at radius 1 is 1.04 bits per heavy atom. The zero-order valence-electron chi connectivity index (χ0n) is 13.6. The van der Waals surface area contributed by atoms with Crippen LogP contribution in [0.25, 0.3) is 0 Å². The van der Waals surface area contributed by atoms with Gasteiger partial charge in [-0.1, -0.05) is 18.2 Å². The molecular weight excluding hydrogens is 320 g/mol. The Morgan fingerprint density at radius 2 is 1.76 bits per heavy atom. The van der Waals surface area contributed by atoms with Gasteiger partial charge in [0.2, 0.25) is 0 Å². The van der Waals surface area contributed by atoms with Crippen molar-refractivity contribution in [1.29, 1.82) is 0 Å². The molecule has 1 aromatic carbocycles. The van der Waals surface area contributed by atoms with Crippen LogP contribution in [-0.2, 0) is 0 Å². The lowest BCUT2D eigenvalue weighted by molar-refractivity contribution is 0.0657. The number of piperidine rings is 1. The van der Waals surface area contributed by atoms with Gasteiger partial charge in [0.15, 0.2) is 5.76 Å². The van der Waals surface area contributed by atoms with E-state index in [0.717, 1.165) is 12.8 Å². The predicted octanol–water partition coefficient (Wildman–Crippen LogP) is 3.14. The summed E-state index contributed by atoms with van der Waals surface area (Å²) in [5, 5.41) is 7.68. The Hall–Kier alpha value is -3.09.